The van der Waals surface area contributed by atoms with Gasteiger partial charge in [0.15, 0.2) is 5.82 Å². The maximum atomic E-state index is 5.57. The molecule has 0 amide bonds. The molecule has 0 aliphatic carbocycles. The number of fused-ring (bicyclic) bond motifs is 9. The molecule has 15 aromatic rings. The summed E-state index contributed by atoms with van der Waals surface area (Å²) in [5.74, 6) is 0.652. The van der Waals surface area contributed by atoms with Crippen molar-refractivity contribution in [3.05, 3.63) is 260 Å². The quantitative estimate of drug-likeness (QED) is 0.152. The molecule has 3 nitrogen and oxygen atoms in total. The van der Waals surface area contributed by atoms with Gasteiger partial charge in [0, 0.05) is 90.1 Å². The van der Waals surface area contributed by atoms with Crippen molar-refractivity contribution in [3.63, 3.8) is 0 Å². The molecule has 0 atom stereocenters. The first kappa shape index (κ1) is 47.0. The van der Waals surface area contributed by atoms with Crippen molar-refractivity contribution in [1.29, 1.82) is 0 Å². The molecule has 11 aromatic carbocycles. The minimum atomic E-state index is -0.0542. The Bertz CT molecular complexity index is 4640. The normalized spacial score (nSPS) is 12.0. The third-order valence-electron chi connectivity index (χ3n) is 15.8. The van der Waals surface area contributed by atoms with Gasteiger partial charge in [-0.2, -0.15) is 0 Å². The number of hydrogen-bond donors (Lipinski definition) is 0. The molecule has 0 fully saturated rings. The Morgan fingerprint density at radius 1 is 0.316 bits per heavy atom. The summed E-state index contributed by atoms with van der Waals surface area (Å²) in [6, 6.07) is 93.5. The van der Waals surface area contributed by atoms with Crippen LogP contribution in [0.25, 0.3) is 146 Å². The summed E-state index contributed by atoms with van der Waals surface area (Å²) >= 11 is 3.75. The zero-order valence-corrected chi connectivity index (χ0v) is 45.5. The summed E-state index contributed by atoms with van der Waals surface area (Å²) in [5, 5.41) is 7.53. The number of para-hydroxylation sites is 1. The Hall–Kier alpha value is -9.26. The molecule has 0 aliphatic rings. The molecule has 0 spiro atoms. The minimum Gasteiger partial charge on any atom is -0.308 e. The third-order valence-corrected chi connectivity index (χ3v) is 18.3. The fraction of sp³-hybridized carbons (Fsp3) is 0.0541. The maximum Gasteiger partial charge on any atom is 0.160 e. The van der Waals surface area contributed by atoms with Crippen molar-refractivity contribution in [1.82, 2.24) is 14.5 Å². The second-order valence-corrected chi connectivity index (χ2v) is 23.7. The Kier molecular flexibility index (Phi) is 11.1. The zero-order chi connectivity index (χ0) is 52.8. The van der Waals surface area contributed by atoms with E-state index in [-0.39, 0.29) is 5.41 Å². The predicted molar refractivity (Wildman–Crippen MR) is 339 cm³/mol. The highest BCUT2D eigenvalue weighted by atomic mass is 32.1. The molecule has 374 valence electrons. The van der Waals surface area contributed by atoms with Crippen LogP contribution in [0.5, 0.6) is 0 Å². The van der Waals surface area contributed by atoms with Crippen LogP contribution in [0.4, 0.5) is 0 Å². The fourth-order valence-corrected chi connectivity index (χ4v) is 14.5. The summed E-state index contributed by atoms with van der Waals surface area (Å²) in [6.45, 7) is 6.92. The van der Waals surface area contributed by atoms with E-state index in [1.807, 2.05) is 22.7 Å². The molecule has 0 saturated carbocycles. The average Bonchev–Trinajstić information content (AvgIpc) is 4.42. The molecule has 0 unspecified atom stereocenters. The average molecular weight is 1050 g/mol. The predicted octanol–water partition coefficient (Wildman–Crippen LogP) is 21.3. The molecule has 4 heterocycles. The highest BCUT2D eigenvalue weighted by Gasteiger charge is 2.27. The lowest BCUT2D eigenvalue weighted by molar-refractivity contribution is 0.591. The van der Waals surface area contributed by atoms with Gasteiger partial charge in [0.2, 0.25) is 0 Å². The smallest absolute Gasteiger partial charge is 0.160 e. The lowest BCUT2D eigenvalue weighted by Crippen LogP contribution is -2.10. The minimum absolute atomic E-state index is 0.0542. The molecule has 0 aliphatic heterocycles. The Balaban J connectivity index is 1.12. The number of thiophene rings is 2. The first-order valence-electron chi connectivity index (χ1n) is 27.0. The van der Waals surface area contributed by atoms with Crippen molar-refractivity contribution in [2.24, 2.45) is 0 Å². The Labute approximate surface area is 467 Å². The van der Waals surface area contributed by atoms with Crippen LogP contribution in [0.15, 0.2) is 255 Å². The van der Waals surface area contributed by atoms with Crippen molar-refractivity contribution in [2.45, 2.75) is 26.2 Å². The maximum absolute atomic E-state index is 5.57. The van der Waals surface area contributed by atoms with E-state index >= 15 is 0 Å². The molecule has 0 N–H and O–H groups in total. The second-order valence-electron chi connectivity index (χ2n) is 21.6. The van der Waals surface area contributed by atoms with Crippen molar-refractivity contribution in [2.75, 3.05) is 0 Å². The van der Waals surface area contributed by atoms with Gasteiger partial charge >= 0.3 is 0 Å². The van der Waals surface area contributed by atoms with Crippen LogP contribution >= 0.6 is 22.7 Å². The highest BCUT2D eigenvalue weighted by molar-refractivity contribution is 7.26. The van der Waals surface area contributed by atoms with Gasteiger partial charge in [0.05, 0.1) is 28.1 Å². The molecular weight excluding hydrogens is 995 g/mol. The van der Waals surface area contributed by atoms with Crippen molar-refractivity contribution >= 4 is 84.8 Å². The summed E-state index contributed by atoms with van der Waals surface area (Å²) in [7, 11) is 0. The topological polar surface area (TPSA) is 30.7 Å². The van der Waals surface area contributed by atoms with Gasteiger partial charge < -0.3 is 4.57 Å². The van der Waals surface area contributed by atoms with E-state index in [0.29, 0.717) is 5.82 Å². The van der Waals surface area contributed by atoms with Crippen molar-refractivity contribution in [3.8, 4) is 84.1 Å². The Morgan fingerprint density at radius 3 is 1.25 bits per heavy atom. The van der Waals surface area contributed by atoms with Gasteiger partial charge in [-0.25, -0.2) is 9.97 Å². The van der Waals surface area contributed by atoms with E-state index in [0.717, 1.165) is 78.2 Å². The van der Waals surface area contributed by atoms with E-state index in [4.69, 9.17) is 9.97 Å². The van der Waals surface area contributed by atoms with E-state index in [9.17, 15) is 0 Å². The highest BCUT2D eigenvalue weighted by Crippen LogP contribution is 2.51. The van der Waals surface area contributed by atoms with Crippen LogP contribution in [0.2, 0.25) is 0 Å². The zero-order valence-electron chi connectivity index (χ0n) is 43.9. The fourth-order valence-electron chi connectivity index (χ4n) is 12.0. The van der Waals surface area contributed by atoms with Gasteiger partial charge in [0.25, 0.3) is 0 Å². The molecule has 4 aromatic heterocycles. The van der Waals surface area contributed by atoms with Gasteiger partial charge in [-0.05, 0) is 81.8 Å². The SMILES string of the molecule is CC(C)(C)c1ccc2c(c1)c1ccccc1n2-c1c(-c2ccccc2-c2cccc3c2sc2ccccc23)cc(-c2nc(-c3ccccc3)cc(-c3ccccc3)n2)cc1-c1ccccc1-c1cccc2c1sc1ccccc12. The number of benzene rings is 11. The third kappa shape index (κ3) is 7.91. The van der Waals surface area contributed by atoms with Crippen molar-refractivity contribution < 1.29 is 0 Å². The van der Waals surface area contributed by atoms with E-state index in [2.05, 4.69) is 280 Å². The molecule has 0 bridgehead atoms. The molecule has 0 saturated heterocycles. The number of rotatable bonds is 8. The van der Waals surface area contributed by atoms with E-state index < -0.39 is 0 Å². The van der Waals surface area contributed by atoms with Crippen LogP contribution in [0.1, 0.15) is 26.3 Å². The number of hydrogen-bond acceptors (Lipinski definition) is 4. The van der Waals surface area contributed by atoms with Gasteiger partial charge in [-0.15, -0.1) is 22.7 Å². The summed E-state index contributed by atoms with van der Waals surface area (Å²) in [4.78, 5) is 11.1. The van der Waals surface area contributed by atoms with Crippen LogP contribution in [0.3, 0.4) is 0 Å². The lowest BCUT2D eigenvalue weighted by Gasteiger charge is -2.24. The molecule has 79 heavy (non-hydrogen) atoms. The number of nitrogens with zero attached hydrogens (tertiary/aromatic N) is 3. The summed E-state index contributed by atoms with van der Waals surface area (Å²) < 4.78 is 7.67. The van der Waals surface area contributed by atoms with Crippen LogP contribution < -0.4 is 0 Å². The lowest BCUT2D eigenvalue weighted by atomic mass is 9.86. The van der Waals surface area contributed by atoms with E-state index in [1.165, 1.54) is 67.8 Å². The van der Waals surface area contributed by atoms with Gasteiger partial charge in [-0.1, -0.05) is 227 Å². The Morgan fingerprint density at radius 2 is 0.734 bits per heavy atom. The molecule has 0 radical (unpaired) electrons. The summed E-state index contributed by atoms with van der Waals surface area (Å²) in [6.07, 6.45) is 0. The van der Waals surface area contributed by atoms with Crippen LogP contribution in [-0.4, -0.2) is 14.5 Å². The van der Waals surface area contributed by atoms with Crippen LogP contribution in [0, 0.1) is 0 Å². The standard InChI is InChI=1S/C74H51N3S2/c1-74(2,3)49-40-41-67-61(44-49)54-30-14-17-37-66(54)77(67)70-62(52-28-12-10-26-50(52)57-33-20-35-59-55-31-15-18-38-68(55)78-71(57)59)42-48(73-75-64(46-22-6-4-7-23-46)45-65(76-73)47-24-8-5-9-25-47)43-63(70)53-29-13-11-27-51(53)58-34-21-36-60-56-32-16-19-39-69(56)79-72(58)60/h4-45H,1-3H3. The first-order chi connectivity index (χ1) is 38.8. The first-order valence-corrected chi connectivity index (χ1v) is 28.7. The molecule has 15 rings (SSSR count). The largest absolute Gasteiger partial charge is 0.308 e. The molecular formula is C74H51N3S2. The van der Waals surface area contributed by atoms with Gasteiger partial charge in [0.1, 0.15) is 0 Å². The van der Waals surface area contributed by atoms with Crippen LogP contribution in [-0.2, 0) is 5.41 Å². The summed E-state index contributed by atoms with van der Waals surface area (Å²) in [5.41, 5.74) is 18.4. The molecule has 5 heteroatoms. The number of aromatic nitrogens is 3. The van der Waals surface area contributed by atoms with E-state index in [1.54, 1.807) is 0 Å². The monoisotopic (exact) mass is 1050 g/mol. The van der Waals surface area contributed by atoms with Gasteiger partial charge in [-0.3, -0.25) is 0 Å². The second kappa shape index (κ2) is 18.7.